The van der Waals surface area contributed by atoms with E-state index in [4.69, 9.17) is 5.73 Å². The third kappa shape index (κ3) is 8.68. The van der Waals surface area contributed by atoms with Crippen LogP contribution in [-0.4, -0.2) is 30.9 Å². The van der Waals surface area contributed by atoms with Crippen LogP contribution < -0.4 is 16.4 Å². The van der Waals surface area contributed by atoms with Crippen LogP contribution in [0.25, 0.3) is 0 Å². The molecule has 0 aliphatic carbocycles. The van der Waals surface area contributed by atoms with Gasteiger partial charge in [0.25, 0.3) is 0 Å². The van der Waals surface area contributed by atoms with Gasteiger partial charge in [-0.3, -0.25) is 9.59 Å². The van der Waals surface area contributed by atoms with E-state index in [2.05, 4.69) is 10.6 Å². The maximum Gasteiger partial charge on any atom is 0.242 e. The van der Waals surface area contributed by atoms with E-state index < -0.39 is 6.04 Å². The van der Waals surface area contributed by atoms with E-state index >= 15 is 0 Å². The number of nitrogens with two attached hydrogens (primary N) is 1. The summed E-state index contributed by atoms with van der Waals surface area (Å²) >= 11 is 0. The summed E-state index contributed by atoms with van der Waals surface area (Å²) in [7, 11) is 0. The van der Waals surface area contributed by atoms with Gasteiger partial charge in [-0.15, -0.1) is 0 Å². The lowest BCUT2D eigenvalue weighted by Gasteiger charge is -2.22. The summed E-state index contributed by atoms with van der Waals surface area (Å²) in [5, 5.41) is 5.32. The Bertz CT molecular complexity index is 220. The highest BCUT2D eigenvalue weighted by Crippen LogP contribution is 2.07. The maximum absolute atomic E-state index is 11.7. The molecule has 5 heteroatoms. The second-order valence-corrected chi connectivity index (χ2v) is 3.64. The molecule has 0 bridgehead atoms. The average Bonchev–Trinajstić information content (AvgIpc) is 2.34. The number of nitrogens with one attached hydrogen (secondary N) is 2. The lowest BCUT2D eigenvalue weighted by atomic mass is 9.98. The first-order valence-electron chi connectivity index (χ1n) is 6.27. The molecule has 2 unspecified atom stereocenters. The van der Waals surface area contributed by atoms with Crippen LogP contribution in [0.1, 0.15) is 41.0 Å². The van der Waals surface area contributed by atoms with Crippen molar-refractivity contribution in [2.45, 2.75) is 47.1 Å². The third-order valence-corrected chi connectivity index (χ3v) is 2.30. The molecule has 0 saturated carbocycles. The second kappa shape index (κ2) is 11.4. The smallest absolute Gasteiger partial charge is 0.242 e. The zero-order valence-corrected chi connectivity index (χ0v) is 11.7. The van der Waals surface area contributed by atoms with Crippen molar-refractivity contribution in [1.29, 1.82) is 0 Å². The number of rotatable bonds is 6. The molecular formula is C12H27N3O2. The van der Waals surface area contributed by atoms with Crippen molar-refractivity contribution in [3.63, 3.8) is 0 Å². The first kappa shape index (κ1) is 18.3. The van der Waals surface area contributed by atoms with Crippen molar-refractivity contribution in [3.8, 4) is 0 Å². The zero-order valence-electron chi connectivity index (χ0n) is 11.7. The van der Waals surface area contributed by atoms with Crippen molar-refractivity contribution >= 4 is 11.8 Å². The SMILES string of the molecule is CC.CCC(C)C(NC(C)=O)C(=O)NCCN. The highest BCUT2D eigenvalue weighted by atomic mass is 16.2. The standard InChI is InChI=1S/C10H21N3O2.C2H6/c1-4-7(2)9(13-8(3)14)10(15)12-6-5-11;1-2/h7,9H,4-6,11H2,1-3H3,(H,12,15)(H,13,14);1-2H3. The Morgan fingerprint density at radius 2 is 1.82 bits per heavy atom. The lowest BCUT2D eigenvalue weighted by molar-refractivity contribution is -0.129. The first-order valence-corrected chi connectivity index (χ1v) is 6.27. The van der Waals surface area contributed by atoms with E-state index in [9.17, 15) is 9.59 Å². The molecule has 17 heavy (non-hydrogen) atoms. The molecule has 4 N–H and O–H groups in total. The largest absolute Gasteiger partial charge is 0.353 e. The van der Waals surface area contributed by atoms with Crippen LogP contribution in [0.2, 0.25) is 0 Å². The first-order chi connectivity index (χ1) is 8.02. The summed E-state index contributed by atoms with van der Waals surface area (Å²) in [5.74, 6) is -0.236. The predicted octanol–water partition coefficient (Wildman–Crippen LogP) is 0.638. The molecule has 102 valence electrons. The molecule has 0 aliphatic rings. The van der Waals surface area contributed by atoms with Gasteiger partial charge >= 0.3 is 0 Å². The summed E-state index contributed by atoms with van der Waals surface area (Å²) in [6, 6.07) is -0.459. The van der Waals surface area contributed by atoms with E-state index in [1.54, 1.807) is 0 Å². The Balaban J connectivity index is 0. The fraction of sp³-hybridized carbons (Fsp3) is 0.833. The molecule has 0 spiro atoms. The fourth-order valence-corrected chi connectivity index (χ4v) is 1.23. The van der Waals surface area contributed by atoms with Crippen LogP contribution >= 0.6 is 0 Å². The Hall–Kier alpha value is -1.10. The van der Waals surface area contributed by atoms with Gasteiger partial charge in [0.05, 0.1) is 0 Å². The van der Waals surface area contributed by atoms with Crippen LogP contribution in [0, 0.1) is 5.92 Å². The van der Waals surface area contributed by atoms with Crippen LogP contribution in [0.15, 0.2) is 0 Å². The minimum atomic E-state index is -0.459. The molecule has 0 aliphatic heterocycles. The van der Waals surface area contributed by atoms with E-state index in [0.717, 1.165) is 6.42 Å². The molecular weight excluding hydrogens is 218 g/mol. The Morgan fingerprint density at radius 1 is 1.29 bits per heavy atom. The Labute approximate surface area is 105 Å². The maximum atomic E-state index is 11.7. The molecule has 0 heterocycles. The highest BCUT2D eigenvalue weighted by molar-refractivity contribution is 5.87. The van der Waals surface area contributed by atoms with Gasteiger partial charge in [-0.05, 0) is 5.92 Å². The Kier molecular flexibility index (Phi) is 12.2. The molecule has 2 amide bonds. The molecule has 2 atom stereocenters. The van der Waals surface area contributed by atoms with Crippen molar-refractivity contribution in [2.75, 3.05) is 13.1 Å². The molecule has 0 aromatic rings. The van der Waals surface area contributed by atoms with Crippen molar-refractivity contribution in [2.24, 2.45) is 11.7 Å². The summed E-state index contributed by atoms with van der Waals surface area (Å²) in [6.07, 6.45) is 0.834. The predicted molar refractivity (Wildman–Crippen MR) is 70.5 cm³/mol. The topological polar surface area (TPSA) is 84.2 Å². The summed E-state index contributed by atoms with van der Waals surface area (Å²) in [6.45, 7) is 10.2. The van der Waals surface area contributed by atoms with Gasteiger partial charge in [-0.1, -0.05) is 34.1 Å². The number of hydrogen-bond acceptors (Lipinski definition) is 3. The number of carbonyl (C=O) groups is 2. The van der Waals surface area contributed by atoms with Gasteiger partial charge in [0, 0.05) is 20.0 Å². The molecule has 0 rings (SSSR count). The van der Waals surface area contributed by atoms with E-state index in [0.29, 0.717) is 13.1 Å². The molecule has 0 fully saturated rings. The van der Waals surface area contributed by atoms with Gasteiger partial charge in [0.1, 0.15) is 6.04 Å². The van der Waals surface area contributed by atoms with Gasteiger partial charge in [-0.25, -0.2) is 0 Å². The number of amides is 2. The number of carbonyl (C=O) groups excluding carboxylic acids is 2. The zero-order chi connectivity index (χ0) is 13.8. The highest BCUT2D eigenvalue weighted by Gasteiger charge is 2.23. The van der Waals surface area contributed by atoms with Crippen LogP contribution in [0.4, 0.5) is 0 Å². The molecule has 5 nitrogen and oxygen atoms in total. The van der Waals surface area contributed by atoms with Crippen LogP contribution in [0.5, 0.6) is 0 Å². The van der Waals surface area contributed by atoms with Gasteiger partial charge in [0.2, 0.25) is 11.8 Å². The molecule has 0 aromatic heterocycles. The van der Waals surface area contributed by atoms with Gasteiger partial charge < -0.3 is 16.4 Å². The van der Waals surface area contributed by atoms with Crippen LogP contribution in [0.3, 0.4) is 0 Å². The fourth-order valence-electron chi connectivity index (χ4n) is 1.23. The van der Waals surface area contributed by atoms with Gasteiger partial charge in [-0.2, -0.15) is 0 Å². The lowest BCUT2D eigenvalue weighted by Crippen LogP contribution is -2.50. The minimum Gasteiger partial charge on any atom is -0.353 e. The average molecular weight is 245 g/mol. The normalized spacial score (nSPS) is 12.8. The summed E-state index contributed by atoms with van der Waals surface area (Å²) in [5.41, 5.74) is 5.28. The minimum absolute atomic E-state index is 0.117. The molecule has 0 radical (unpaired) electrons. The summed E-state index contributed by atoms with van der Waals surface area (Å²) in [4.78, 5) is 22.6. The molecule has 0 aromatic carbocycles. The molecule has 0 saturated heterocycles. The second-order valence-electron chi connectivity index (χ2n) is 3.64. The van der Waals surface area contributed by atoms with Crippen molar-refractivity contribution in [3.05, 3.63) is 0 Å². The van der Waals surface area contributed by atoms with Gasteiger partial charge in [0.15, 0.2) is 0 Å². The van der Waals surface area contributed by atoms with E-state index in [1.807, 2.05) is 27.7 Å². The van der Waals surface area contributed by atoms with E-state index in [-0.39, 0.29) is 17.7 Å². The van der Waals surface area contributed by atoms with Crippen LogP contribution in [-0.2, 0) is 9.59 Å². The summed E-state index contributed by atoms with van der Waals surface area (Å²) < 4.78 is 0. The quantitative estimate of drug-likeness (QED) is 0.642. The Morgan fingerprint density at radius 3 is 2.18 bits per heavy atom. The number of hydrogen-bond donors (Lipinski definition) is 3. The van der Waals surface area contributed by atoms with Crippen molar-refractivity contribution in [1.82, 2.24) is 10.6 Å². The third-order valence-electron chi connectivity index (χ3n) is 2.30. The van der Waals surface area contributed by atoms with E-state index in [1.165, 1.54) is 6.92 Å². The van der Waals surface area contributed by atoms with Crippen molar-refractivity contribution < 1.29 is 9.59 Å². The monoisotopic (exact) mass is 245 g/mol.